The summed E-state index contributed by atoms with van der Waals surface area (Å²) in [4.78, 5) is 4.28. The van der Waals surface area contributed by atoms with Crippen LogP contribution in [-0.2, 0) is 6.42 Å². The summed E-state index contributed by atoms with van der Waals surface area (Å²) in [6.07, 6.45) is 2.58. The van der Waals surface area contributed by atoms with Crippen LogP contribution in [0.5, 0.6) is 11.5 Å². The number of hydrogen-bond donors (Lipinski definition) is 1. The minimum absolute atomic E-state index is 0.734. The molecule has 1 aromatic rings. The van der Waals surface area contributed by atoms with Gasteiger partial charge in [0.2, 0.25) is 0 Å². The van der Waals surface area contributed by atoms with Gasteiger partial charge in [-0.25, -0.2) is 0 Å². The molecule has 0 aromatic carbocycles. The SMILES string of the molecule is CCNCCc1nccc(OC)c1OC. The van der Waals surface area contributed by atoms with E-state index in [1.54, 1.807) is 26.5 Å². The van der Waals surface area contributed by atoms with Crippen molar-refractivity contribution in [3.05, 3.63) is 18.0 Å². The minimum atomic E-state index is 0.734. The number of ether oxygens (including phenoxy) is 2. The average molecular weight is 210 g/mol. The Morgan fingerprint density at radius 1 is 1.33 bits per heavy atom. The number of nitrogens with one attached hydrogen (secondary N) is 1. The second-order valence-electron chi connectivity index (χ2n) is 3.10. The molecule has 0 radical (unpaired) electrons. The molecule has 1 rings (SSSR count). The maximum absolute atomic E-state index is 5.28. The van der Waals surface area contributed by atoms with Crippen LogP contribution >= 0.6 is 0 Å². The standard InChI is InChI=1S/C11H18N2O2/c1-4-12-7-5-9-11(15-3)10(14-2)6-8-13-9/h6,8,12H,4-5,7H2,1-3H3. The molecule has 0 fully saturated rings. The van der Waals surface area contributed by atoms with Gasteiger partial charge in [-0.1, -0.05) is 6.92 Å². The van der Waals surface area contributed by atoms with Crippen LogP contribution in [0.2, 0.25) is 0 Å². The lowest BCUT2D eigenvalue weighted by Crippen LogP contribution is -2.17. The lowest BCUT2D eigenvalue weighted by molar-refractivity contribution is 0.349. The number of aromatic nitrogens is 1. The molecule has 0 unspecified atom stereocenters. The van der Waals surface area contributed by atoms with E-state index in [1.165, 1.54) is 0 Å². The van der Waals surface area contributed by atoms with E-state index in [4.69, 9.17) is 9.47 Å². The van der Waals surface area contributed by atoms with Crippen LogP contribution in [0, 0.1) is 0 Å². The molecule has 1 aromatic heterocycles. The van der Waals surface area contributed by atoms with Gasteiger partial charge in [-0.15, -0.1) is 0 Å². The second kappa shape index (κ2) is 6.24. The van der Waals surface area contributed by atoms with E-state index in [1.807, 2.05) is 0 Å². The molecule has 0 aliphatic carbocycles. The molecule has 4 nitrogen and oxygen atoms in total. The summed E-state index contributed by atoms with van der Waals surface area (Å²) in [5.41, 5.74) is 0.929. The van der Waals surface area contributed by atoms with E-state index < -0.39 is 0 Å². The lowest BCUT2D eigenvalue weighted by Gasteiger charge is -2.11. The van der Waals surface area contributed by atoms with Crippen LogP contribution in [0.3, 0.4) is 0 Å². The van der Waals surface area contributed by atoms with E-state index in [0.29, 0.717) is 0 Å². The predicted octanol–water partition coefficient (Wildman–Crippen LogP) is 1.25. The van der Waals surface area contributed by atoms with Gasteiger partial charge < -0.3 is 14.8 Å². The molecule has 0 saturated carbocycles. The Balaban J connectivity index is 2.76. The number of nitrogens with zero attached hydrogens (tertiary/aromatic N) is 1. The minimum Gasteiger partial charge on any atom is -0.493 e. The molecule has 0 bridgehead atoms. The highest BCUT2D eigenvalue weighted by Crippen LogP contribution is 2.28. The van der Waals surface area contributed by atoms with Crippen molar-refractivity contribution in [3.8, 4) is 11.5 Å². The fraction of sp³-hybridized carbons (Fsp3) is 0.545. The first-order valence-corrected chi connectivity index (χ1v) is 5.10. The molecule has 0 aliphatic heterocycles. The summed E-state index contributed by atoms with van der Waals surface area (Å²) in [7, 11) is 3.27. The maximum atomic E-state index is 5.28. The summed E-state index contributed by atoms with van der Waals surface area (Å²) in [6.45, 7) is 3.94. The van der Waals surface area contributed by atoms with Crippen LogP contribution in [0.15, 0.2) is 12.3 Å². The van der Waals surface area contributed by atoms with Gasteiger partial charge in [0, 0.05) is 25.2 Å². The van der Waals surface area contributed by atoms with Crippen LogP contribution in [0.4, 0.5) is 0 Å². The number of likely N-dealkylation sites (N-methyl/N-ethyl adjacent to an activating group) is 1. The van der Waals surface area contributed by atoms with E-state index in [-0.39, 0.29) is 0 Å². The van der Waals surface area contributed by atoms with Crippen molar-refractivity contribution in [2.75, 3.05) is 27.3 Å². The lowest BCUT2D eigenvalue weighted by atomic mass is 10.2. The number of pyridine rings is 1. The van der Waals surface area contributed by atoms with Crippen molar-refractivity contribution in [1.82, 2.24) is 10.3 Å². The number of hydrogen-bond acceptors (Lipinski definition) is 4. The molecule has 0 spiro atoms. The summed E-state index contributed by atoms with van der Waals surface area (Å²) < 4.78 is 10.5. The molecule has 1 heterocycles. The number of rotatable bonds is 6. The van der Waals surface area contributed by atoms with Gasteiger partial charge in [-0.05, 0) is 6.54 Å². The second-order valence-corrected chi connectivity index (χ2v) is 3.10. The van der Waals surface area contributed by atoms with Crippen molar-refractivity contribution >= 4 is 0 Å². The van der Waals surface area contributed by atoms with E-state index in [2.05, 4.69) is 17.2 Å². The van der Waals surface area contributed by atoms with Crippen LogP contribution in [0.1, 0.15) is 12.6 Å². The topological polar surface area (TPSA) is 43.4 Å². The van der Waals surface area contributed by atoms with Gasteiger partial charge in [0.25, 0.3) is 0 Å². The quantitative estimate of drug-likeness (QED) is 0.718. The zero-order valence-electron chi connectivity index (χ0n) is 9.54. The van der Waals surface area contributed by atoms with Crippen LogP contribution in [-0.4, -0.2) is 32.3 Å². The third-order valence-electron chi connectivity index (χ3n) is 2.15. The van der Waals surface area contributed by atoms with Gasteiger partial charge in [0.15, 0.2) is 11.5 Å². The zero-order chi connectivity index (χ0) is 11.1. The normalized spacial score (nSPS) is 10.1. The average Bonchev–Trinajstić information content (AvgIpc) is 2.29. The van der Waals surface area contributed by atoms with Gasteiger partial charge in [0.1, 0.15) is 0 Å². The smallest absolute Gasteiger partial charge is 0.182 e. The van der Waals surface area contributed by atoms with Crippen LogP contribution < -0.4 is 14.8 Å². The Bertz CT molecular complexity index is 303. The summed E-state index contributed by atoms with van der Waals surface area (Å²) in [6, 6.07) is 1.80. The largest absolute Gasteiger partial charge is 0.493 e. The Morgan fingerprint density at radius 3 is 2.73 bits per heavy atom. The van der Waals surface area contributed by atoms with Crippen molar-refractivity contribution in [1.29, 1.82) is 0 Å². The Hall–Kier alpha value is -1.29. The first-order chi connectivity index (χ1) is 7.33. The molecule has 0 aliphatic rings. The Labute approximate surface area is 90.6 Å². The van der Waals surface area contributed by atoms with Crippen molar-refractivity contribution in [2.45, 2.75) is 13.3 Å². The van der Waals surface area contributed by atoms with Crippen molar-refractivity contribution in [2.24, 2.45) is 0 Å². The zero-order valence-corrected chi connectivity index (χ0v) is 9.54. The summed E-state index contributed by atoms with van der Waals surface area (Å²) in [5.74, 6) is 1.47. The fourth-order valence-corrected chi connectivity index (χ4v) is 1.41. The molecule has 0 atom stereocenters. The molecule has 15 heavy (non-hydrogen) atoms. The maximum Gasteiger partial charge on any atom is 0.182 e. The molecule has 4 heteroatoms. The third-order valence-corrected chi connectivity index (χ3v) is 2.15. The Morgan fingerprint density at radius 2 is 2.13 bits per heavy atom. The molecule has 0 saturated heterocycles. The molecule has 1 N–H and O–H groups in total. The van der Waals surface area contributed by atoms with E-state index >= 15 is 0 Å². The number of methoxy groups -OCH3 is 2. The highest BCUT2D eigenvalue weighted by atomic mass is 16.5. The van der Waals surface area contributed by atoms with Gasteiger partial charge in [-0.3, -0.25) is 4.98 Å². The molecule has 0 amide bonds. The Kier molecular flexibility index (Phi) is 4.90. The molecule has 84 valence electrons. The van der Waals surface area contributed by atoms with Gasteiger partial charge in [0.05, 0.1) is 19.9 Å². The van der Waals surface area contributed by atoms with E-state index in [0.717, 1.165) is 36.7 Å². The van der Waals surface area contributed by atoms with Gasteiger partial charge >= 0.3 is 0 Å². The predicted molar refractivity (Wildman–Crippen MR) is 59.6 cm³/mol. The monoisotopic (exact) mass is 210 g/mol. The van der Waals surface area contributed by atoms with Crippen LogP contribution in [0.25, 0.3) is 0 Å². The highest BCUT2D eigenvalue weighted by molar-refractivity contribution is 5.42. The highest BCUT2D eigenvalue weighted by Gasteiger charge is 2.09. The van der Waals surface area contributed by atoms with Crippen molar-refractivity contribution in [3.63, 3.8) is 0 Å². The summed E-state index contributed by atoms with van der Waals surface area (Å²) >= 11 is 0. The van der Waals surface area contributed by atoms with Crippen molar-refractivity contribution < 1.29 is 9.47 Å². The molecular weight excluding hydrogens is 192 g/mol. The first kappa shape index (κ1) is 11.8. The molecular formula is C11H18N2O2. The van der Waals surface area contributed by atoms with Gasteiger partial charge in [-0.2, -0.15) is 0 Å². The first-order valence-electron chi connectivity index (χ1n) is 5.10. The fourth-order valence-electron chi connectivity index (χ4n) is 1.41. The third kappa shape index (κ3) is 3.09. The van der Waals surface area contributed by atoms with E-state index in [9.17, 15) is 0 Å². The summed E-state index contributed by atoms with van der Waals surface area (Å²) in [5, 5.41) is 3.25.